The molecule has 0 spiro atoms. The molecular weight excluding hydrogens is 254 g/mol. The van der Waals surface area contributed by atoms with Gasteiger partial charge in [0.1, 0.15) is 12.4 Å². The van der Waals surface area contributed by atoms with Crippen molar-refractivity contribution in [2.75, 3.05) is 0 Å². The average Bonchev–Trinajstić information content (AvgIpc) is 2.91. The van der Waals surface area contributed by atoms with Gasteiger partial charge in [0, 0.05) is 10.9 Å². The molecule has 0 saturated heterocycles. The van der Waals surface area contributed by atoms with Gasteiger partial charge in [0.2, 0.25) is 0 Å². The quantitative estimate of drug-likeness (QED) is 0.867. The normalized spacial score (nSPS) is 12.4. The molecule has 3 heteroatoms. The summed E-state index contributed by atoms with van der Waals surface area (Å²) in [5.74, 6) is 0.961. The first-order valence-electron chi connectivity index (χ1n) is 6.69. The van der Waals surface area contributed by atoms with Crippen LogP contribution >= 0.6 is 11.3 Å². The van der Waals surface area contributed by atoms with Gasteiger partial charge in [0.15, 0.2) is 0 Å². The number of rotatable bonds is 6. The number of aryl methyl sites for hydroxylation is 1. The molecule has 1 atom stereocenters. The van der Waals surface area contributed by atoms with Crippen LogP contribution in [-0.4, -0.2) is 6.04 Å². The number of nitrogens with two attached hydrogens (primary N) is 1. The molecule has 1 heterocycles. The summed E-state index contributed by atoms with van der Waals surface area (Å²) >= 11 is 1.72. The second-order valence-corrected chi connectivity index (χ2v) is 5.88. The van der Waals surface area contributed by atoms with E-state index in [9.17, 15) is 0 Å². The molecule has 1 unspecified atom stereocenters. The summed E-state index contributed by atoms with van der Waals surface area (Å²) in [6.45, 7) is 4.85. The molecule has 0 saturated carbocycles. The van der Waals surface area contributed by atoms with E-state index in [1.54, 1.807) is 11.3 Å². The first-order chi connectivity index (χ1) is 9.19. The molecule has 0 fully saturated rings. The molecule has 102 valence electrons. The van der Waals surface area contributed by atoms with Gasteiger partial charge in [-0.1, -0.05) is 30.7 Å². The first kappa shape index (κ1) is 14.1. The summed E-state index contributed by atoms with van der Waals surface area (Å²) in [6, 6.07) is 10.7. The van der Waals surface area contributed by atoms with Crippen LogP contribution in [0.4, 0.5) is 0 Å². The maximum absolute atomic E-state index is 6.06. The van der Waals surface area contributed by atoms with E-state index in [-0.39, 0.29) is 6.04 Å². The molecule has 0 bridgehead atoms. The Kier molecular flexibility index (Phi) is 5.00. The summed E-state index contributed by atoms with van der Waals surface area (Å²) in [6.07, 6.45) is 1.86. The summed E-state index contributed by atoms with van der Waals surface area (Å²) in [5.41, 5.74) is 8.53. The van der Waals surface area contributed by atoms with Crippen molar-refractivity contribution in [3.8, 4) is 5.75 Å². The van der Waals surface area contributed by atoms with Crippen molar-refractivity contribution in [1.29, 1.82) is 0 Å². The molecule has 2 N–H and O–H groups in total. The van der Waals surface area contributed by atoms with Gasteiger partial charge in [-0.15, -0.1) is 11.3 Å². The maximum Gasteiger partial charge on any atom is 0.123 e. The Labute approximate surface area is 119 Å². The second-order valence-electron chi connectivity index (χ2n) is 4.85. The van der Waals surface area contributed by atoms with Crippen LogP contribution in [0, 0.1) is 6.92 Å². The third-order valence-corrected chi connectivity index (χ3v) is 4.02. The lowest BCUT2D eigenvalue weighted by Gasteiger charge is -2.15. The maximum atomic E-state index is 6.06. The van der Waals surface area contributed by atoms with E-state index in [4.69, 9.17) is 10.5 Å². The Balaban J connectivity index is 2.09. The van der Waals surface area contributed by atoms with Gasteiger partial charge in [-0.3, -0.25) is 0 Å². The van der Waals surface area contributed by atoms with Gasteiger partial charge in [-0.05, 0) is 42.8 Å². The van der Waals surface area contributed by atoms with E-state index >= 15 is 0 Å². The van der Waals surface area contributed by atoms with Crippen LogP contribution in [0.1, 0.15) is 29.3 Å². The van der Waals surface area contributed by atoms with Crippen molar-refractivity contribution in [3.05, 3.63) is 51.7 Å². The van der Waals surface area contributed by atoms with Crippen molar-refractivity contribution in [3.63, 3.8) is 0 Å². The minimum Gasteiger partial charge on any atom is -0.488 e. The molecule has 2 nitrogen and oxygen atoms in total. The van der Waals surface area contributed by atoms with Crippen molar-refractivity contribution in [2.45, 2.75) is 39.3 Å². The van der Waals surface area contributed by atoms with E-state index in [2.05, 4.69) is 43.5 Å². The van der Waals surface area contributed by atoms with Gasteiger partial charge in [-0.2, -0.15) is 0 Å². The van der Waals surface area contributed by atoms with Crippen molar-refractivity contribution >= 4 is 11.3 Å². The van der Waals surface area contributed by atoms with Crippen LogP contribution < -0.4 is 10.5 Å². The molecule has 1 aromatic carbocycles. The van der Waals surface area contributed by atoms with Crippen molar-refractivity contribution < 1.29 is 4.74 Å². The first-order valence-corrected chi connectivity index (χ1v) is 7.57. The Hall–Kier alpha value is -1.32. The molecule has 0 amide bonds. The molecule has 2 aromatic rings. The molecule has 0 aliphatic heterocycles. The van der Waals surface area contributed by atoms with E-state index < -0.39 is 0 Å². The highest BCUT2D eigenvalue weighted by molar-refractivity contribution is 7.09. The Morgan fingerprint density at radius 1 is 1.32 bits per heavy atom. The summed E-state index contributed by atoms with van der Waals surface area (Å²) in [4.78, 5) is 1.24. The van der Waals surface area contributed by atoms with Crippen LogP contribution in [0.15, 0.2) is 35.7 Å². The standard InChI is InChI=1S/C16H21NOS/c1-3-14(17)10-13-9-12(2)6-7-16(13)18-11-15-5-4-8-19-15/h4-9,14H,3,10-11,17H2,1-2H3. The predicted octanol–water partition coefficient (Wildman–Crippen LogP) is 3.92. The van der Waals surface area contributed by atoms with E-state index in [1.807, 2.05) is 6.07 Å². The van der Waals surface area contributed by atoms with E-state index in [0.717, 1.165) is 18.6 Å². The zero-order valence-corrected chi connectivity index (χ0v) is 12.4. The smallest absolute Gasteiger partial charge is 0.123 e. The third-order valence-electron chi connectivity index (χ3n) is 3.17. The van der Waals surface area contributed by atoms with E-state index in [0.29, 0.717) is 6.61 Å². The van der Waals surface area contributed by atoms with Crippen LogP contribution in [0.3, 0.4) is 0 Å². The fourth-order valence-corrected chi connectivity index (χ4v) is 2.59. The van der Waals surface area contributed by atoms with Gasteiger partial charge in [0.25, 0.3) is 0 Å². The van der Waals surface area contributed by atoms with Gasteiger partial charge in [-0.25, -0.2) is 0 Å². The van der Waals surface area contributed by atoms with Crippen LogP contribution in [0.25, 0.3) is 0 Å². The fraction of sp³-hybridized carbons (Fsp3) is 0.375. The molecule has 1 aromatic heterocycles. The molecule has 19 heavy (non-hydrogen) atoms. The van der Waals surface area contributed by atoms with Crippen molar-refractivity contribution in [1.82, 2.24) is 0 Å². The minimum absolute atomic E-state index is 0.200. The Bertz CT molecular complexity index is 507. The number of hydrogen-bond acceptors (Lipinski definition) is 3. The highest BCUT2D eigenvalue weighted by atomic mass is 32.1. The summed E-state index contributed by atoms with van der Waals surface area (Å²) < 4.78 is 5.94. The molecular formula is C16H21NOS. The molecule has 0 radical (unpaired) electrons. The Morgan fingerprint density at radius 2 is 2.16 bits per heavy atom. The number of hydrogen-bond donors (Lipinski definition) is 1. The topological polar surface area (TPSA) is 35.2 Å². The van der Waals surface area contributed by atoms with Crippen LogP contribution in [-0.2, 0) is 13.0 Å². The van der Waals surface area contributed by atoms with E-state index in [1.165, 1.54) is 16.0 Å². The van der Waals surface area contributed by atoms with Crippen molar-refractivity contribution in [2.24, 2.45) is 5.73 Å². The number of thiophene rings is 1. The molecule has 0 aliphatic rings. The van der Waals surface area contributed by atoms with Crippen LogP contribution in [0.5, 0.6) is 5.75 Å². The third kappa shape index (κ3) is 4.08. The van der Waals surface area contributed by atoms with Gasteiger partial charge >= 0.3 is 0 Å². The lowest BCUT2D eigenvalue weighted by atomic mass is 10.0. The predicted molar refractivity (Wildman–Crippen MR) is 81.8 cm³/mol. The summed E-state index contributed by atoms with van der Waals surface area (Å²) in [5, 5.41) is 2.07. The minimum atomic E-state index is 0.200. The highest BCUT2D eigenvalue weighted by Gasteiger charge is 2.09. The van der Waals surface area contributed by atoms with Gasteiger partial charge < -0.3 is 10.5 Å². The fourth-order valence-electron chi connectivity index (χ4n) is 1.98. The lowest BCUT2D eigenvalue weighted by molar-refractivity contribution is 0.305. The van der Waals surface area contributed by atoms with Crippen LogP contribution in [0.2, 0.25) is 0 Å². The largest absolute Gasteiger partial charge is 0.488 e. The van der Waals surface area contributed by atoms with Gasteiger partial charge in [0.05, 0.1) is 0 Å². The zero-order valence-electron chi connectivity index (χ0n) is 11.6. The highest BCUT2D eigenvalue weighted by Crippen LogP contribution is 2.23. The monoisotopic (exact) mass is 275 g/mol. The summed E-state index contributed by atoms with van der Waals surface area (Å²) in [7, 11) is 0. The SMILES string of the molecule is CCC(N)Cc1cc(C)ccc1OCc1cccs1. The molecule has 2 rings (SSSR count). The Morgan fingerprint density at radius 3 is 2.84 bits per heavy atom. The number of ether oxygens (including phenoxy) is 1. The second kappa shape index (κ2) is 6.73. The molecule has 0 aliphatic carbocycles. The zero-order chi connectivity index (χ0) is 13.7. The lowest BCUT2D eigenvalue weighted by Crippen LogP contribution is -2.21. The number of benzene rings is 1. The average molecular weight is 275 g/mol.